The van der Waals surface area contributed by atoms with E-state index < -0.39 is 0 Å². The van der Waals surface area contributed by atoms with Crippen LogP contribution in [0.5, 0.6) is 5.75 Å². The molecule has 4 nitrogen and oxygen atoms in total. The van der Waals surface area contributed by atoms with Crippen LogP contribution >= 0.6 is 0 Å². The van der Waals surface area contributed by atoms with E-state index in [-0.39, 0.29) is 12.5 Å². The molecule has 21 heavy (non-hydrogen) atoms. The molecule has 0 heterocycles. The molecule has 118 valence electrons. The molecule has 4 heteroatoms. The van der Waals surface area contributed by atoms with Gasteiger partial charge in [-0.15, -0.1) is 0 Å². The van der Waals surface area contributed by atoms with Gasteiger partial charge < -0.3 is 15.0 Å². The van der Waals surface area contributed by atoms with Gasteiger partial charge in [0.15, 0.2) is 6.61 Å². The molecule has 0 aliphatic carbocycles. The number of nitrogens with one attached hydrogen (secondary N) is 1. The first kappa shape index (κ1) is 17.5. The van der Waals surface area contributed by atoms with Crippen LogP contribution in [0.2, 0.25) is 0 Å². The molecule has 0 saturated carbocycles. The first-order valence-electron chi connectivity index (χ1n) is 7.67. The fourth-order valence-corrected chi connectivity index (χ4v) is 2.06. The molecule has 1 aromatic rings. The summed E-state index contributed by atoms with van der Waals surface area (Å²) >= 11 is 0. The summed E-state index contributed by atoms with van der Waals surface area (Å²) in [6.45, 7) is 6.06. The predicted molar refractivity (Wildman–Crippen MR) is 86.8 cm³/mol. The summed E-state index contributed by atoms with van der Waals surface area (Å²) in [5, 5.41) is 2.88. The molecule has 1 atom stereocenters. The number of para-hydroxylation sites is 1. The highest BCUT2D eigenvalue weighted by Gasteiger charge is 2.10. The van der Waals surface area contributed by atoms with E-state index in [0.717, 1.165) is 25.1 Å². The molecule has 1 unspecified atom stereocenters. The van der Waals surface area contributed by atoms with Gasteiger partial charge in [-0.1, -0.05) is 32.0 Å². The Bertz CT molecular complexity index is 433. The summed E-state index contributed by atoms with van der Waals surface area (Å²) < 4.78 is 5.68. The topological polar surface area (TPSA) is 41.6 Å². The number of carbonyl (C=O) groups is 1. The van der Waals surface area contributed by atoms with E-state index >= 15 is 0 Å². The number of rotatable bonds is 9. The molecule has 0 radical (unpaired) electrons. The highest BCUT2D eigenvalue weighted by atomic mass is 16.5. The average Bonchev–Trinajstić information content (AvgIpc) is 2.48. The van der Waals surface area contributed by atoms with Crippen LogP contribution in [0.4, 0.5) is 0 Å². The van der Waals surface area contributed by atoms with Gasteiger partial charge in [-0.25, -0.2) is 0 Å². The van der Waals surface area contributed by atoms with E-state index in [1.54, 1.807) is 0 Å². The van der Waals surface area contributed by atoms with Gasteiger partial charge in [0.2, 0.25) is 0 Å². The minimum Gasteiger partial charge on any atom is -0.483 e. The van der Waals surface area contributed by atoms with Gasteiger partial charge in [0, 0.05) is 6.54 Å². The quantitative estimate of drug-likeness (QED) is 0.711. The van der Waals surface area contributed by atoms with Gasteiger partial charge in [-0.2, -0.15) is 0 Å². The lowest BCUT2D eigenvalue weighted by molar-refractivity contribution is -0.123. The van der Waals surface area contributed by atoms with Crippen LogP contribution in [0.25, 0.3) is 0 Å². The molecule has 1 rings (SSSR count). The number of nitrogens with zero attached hydrogens (tertiary/aromatic N) is 1. The summed E-state index contributed by atoms with van der Waals surface area (Å²) in [5.74, 6) is 1.19. The Hall–Kier alpha value is -1.55. The fourth-order valence-electron chi connectivity index (χ4n) is 2.06. The monoisotopic (exact) mass is 292 g/mol. The molecule has 0 saturated heterocycles. The molecular formula is C17H28N2O2. The van der Waals surface area contributed by atoms with Crippen molar-refractivity contribution in [2.75, 3.05) is 33.8 Å². The second-order valence-corrected chi connectivity index (χ2v) is 5.64. The summed E-state index contributed by atoms with van der Waals surface area (Å²) in [6, 6.07) is 7.95. The van der Waals surface area contributed by atoms with Crippen molar-refractivity contribution in [1.29, 1.82) is 0 Å². The second kappa shape index (κ2) is 9.40. The van der Waals surface area contributed by atoms with Gasteiger partial charge in [-0.3, -0.25) is 4.79 Å². The Balaban J connectivity index is 2.39. The summed E-state index contributed by atoms with van der Waals surface area (Å²) in [7, 11) is 4.05. The third-order valence-corrected chi connectivity index (χ3v) is 3.53. The van der Waals surface area contributed by atoms with Gasteiger partial charge in [-0.05, 0) is 51.0 Å². The summed E-state index contributed by atoms with van der Waals surface area (Å²) in [6.07, 6.45) is 2.00. The molecule has 0 aromatic heterocycles. The molecule has 0 aliphatic rings. The fraction of sp³-hybridized carbons (Fsp3) is 0.588. The van der Waals surface area contributed by atoms with Crippen LogP contribution in [0.1, 0.15) is 38.2 Å². The van der Waals surface area contributed by atoms with Crippen molar-refractivity contribution in [3.8, 4) is 5.75 Å². The number of ether oxygens (including phenoxy) is 1. The largest absolute Gasteiger partial charge is 0.483 e. The molecule has 1 N–H and O–H groups in total. The SMILES string of the molecule is CCC(C)c1ccccc1OCC(=O)NCCCN(C)C. The summed E-state index contributed by atoms with van der Waals surface area (Å²) in [4.78, 5) is 13.9. The van der Waals surface area contributed by atoms with E-state index in [0.29, 0.717) is 12.5 Å². The Morgan fingerprint density at radius 2 is 2.05 bits per heavy atom. The second-order valence-electron chi connectivity index (χ2n) is 5.64. The lowest BCUT2D eigenvalue weighted by atomic mass is 9.98. The number of carbonyl (C=O) groups excluding carboxylic acids is 1. The van der Waals surface area contributed by atoms with Crippen LogP contribution in [0.15, 0.2) is 24.3 Å². The average molecular weight is 292 g/mol. The van der Waals surface area contributed by atoms with Crippen LogP contribution in [-0.2, 0) is 4.79 Å². The lowest BCUT2D eigenvalue weighted by Crippen LogP contribution is -2.31. The van der Waals surface area contributed by atoms with E-state index in [9.17, 15) is 4.79 Å². The zero-order chi connectivity index (χ0) is 15.7. The zero-order valence-electron chi connectivity index (χ0n) is 13.7. The van der Waals surface area contributed by atoms with Crippen molar-refractivity contribution < 1.29 is 9.53 Å². The number of amides is 1. The highest BCUT2D eigenvalue weighted by molar-refractivity contribution is 5.77. The smallest absolute Gasteiger partial charge is 0.257 e. The number of hydrogen-bond donors (Lipinski definition) is 1. The molecule has 1 aromatic carbocycles. The van der Waals surface area contributed by atoms with Gasteiger partial charge in [0.1, 0.15) is 5.75 Å². The molecule has 0 aliphatic heterocycles. The third-order valence-electron chi connectivity index (χ3n) is 3.53. The van der Waals surface area contributed by atoms with Crippen LogP contribution in [-0.4, -0.2) is 44.6 Å². The molecule has 0 spiro atoms. The minimum atomic E-state index is -0.0623. The van der Waals surface area contributed by atoms with Crippen molar-refractivity contribution in [1.82, 2.24) is 10.2 Å². The Morgan fingerprint density at radius 3 is 2.71 bits per heavy atom. The van der Waals surface area contributed by atoms with Crippen molar-refractivity contribution in [2.24, 2.45) is 0 Å². The zero-order valence-corrected chi connectivity index (χ0v) is 13.7. The Labute approximate surface area is 128 Å². The van der Waals surface area contributed by atoms with Crippen molar-refractivity contribution in [3.05, 3.63) is 29.8 Å². The van der Waals surface area contributed by atoms with Crippen LogP contribution in [0, 0.1) is 0 Å². The molecule has 0 fully saturated rings. The van der Waals surface area contributed by atoms with Crippen LogP contribution in [0.3, 0.4) is 0 Å². The Kier molecular flexibility index (Phi) is 7.83. The van der Waals surface area contributed by atoms with Crippen LogP contribution < -0.4 is 10.1 Å². The Morgan fingerprint density at radius 1 is 1.33 bits per heavy atom. The van der Waals surface area contributed by atoms with Gasteiger partial charge in [0.25, 0.3) is 5.91 Å². The molecule has 1 amide bonds. The first-order chi connectivity index (χ1) is 10.0. The highest BCUT2D eigenvalue weighted by Crippen LogP contribution is 2.28. The summed E-state index contributed by atoms with van der Waals surface area (Å²) in [5.41, 5.74) is 1.17. The van der Waals surface area contributed by atoms with Crippen molar-refractivity contribution >= 4 is 5.91 Å². The predicted octanol–water partition coefficient (Wildman–Crippen LogP) is 2.65. The first-order valence-corrected chi connectivity index (χ1v) is 7.67. The molecular weight excluding hydrogens is 264 g/mol. The maximum atomic E-state index is 11.8. The van der Waals surface area contributed by atoms with Gasteiger partial charge in [0.05, 0.1) is 0 Å². The number of hydrogen-bond acceptors (Lipinski definition) is 3. The third kappa shape index (κ3) is 6.63. The van der Waals surface area contributed by atoms with E-state index in [4.69, 9.17) is 4.74 Å². The van der Waals surface area contributed by atoms with Crippen molar-refractivity contribution in [3.63, 3.8) is 0 Å². The lowest BCUT2D eigenvalue weighted by Gasteiger charge is -2.15. The standard InChI is InChI=1S/C17H28N2O2/c1-5-14(2)15-9-6-7-10-16(15)21-13-17(20)18-11-8-12-19(3)4/h6-7,9-10,14H,5,8,11-13H2,1-4H3,(H,18,20). The molecule has 0 bridgehead atoms. The van der Waals surface area contributed by atoms with E-state index in [1.807, 2.05) is 32.3 Å². The normalized spacial score (nSPS) is 12.2. The minimum absolute atomic E-state index is 0.0623. The maximum Gasteiger partial charge on any atom is 0.257 e. The van der Waals surface area contributed by atoms with Crippen molar-refractivity contribution in [2.45, 2.75) is 32.6 Å². The van der Waals surface area contributed by atoms with Gasteiger partial charge >= 0.3 is 0 Å². The van der Waals surface area contributed by atoms with E-state index in [1.165, 1.54) is 5.56 Å². The van der Waals surface area contributed by atoms with E-state index in [2.05, 4.69) is 30.1 Å². The number of benzene rings is 1. The maximum absolute atomic E-state index is 11.8.